The van der Waals surface area contributed by atoms with Crippen molar-refractivity contribution in [1.29, 1.82) is 0 Å². The Balaban J connectivity index is 1.09. The van der Waals surface area contributed by atoms with Crippen LogP contribution in [0.5, 0.6) is 5.75 Å². The molecule has 0 aliphatic carbocycles. The zero-order valence-corrected chi connectivity index (χ0v) is 22.5. The van der Waals surface area contributed by atoms with E-state index >= 15 is 0 Å². The fourth-order valence-corrected chi connectivity index (χ4v) is 5.10. The quantitative estimate of drug-likeness (QED) is 0.233. The van der Waals surface area contributed by atoms with Gasteiger partial charge in [0, 0.05) is 30.8 Å². The summed E-state index contributed by atoms with van der Waals surface area (Å²) in [4.78, 5) is 7.27. The number of nitrogens with zero attached hydrogens (tertiary/aromatic N) is 4. The summed E-state index contributed by atoms with van der Waals surface area (Å²) in [5.41, 5.74) is 7.79. The van der Waals surface area contributed by atoms with E-state index in [4.69, 9.17) is 14.8 Å². The van der Waals surface area contributed by atoms with E-state index in [0.717, 1.165) is 53.9 Å². The van der Waals surface area contributed by atoms with Crippen LogP contribution in [0.15, 0.2) is 91.0 Å². The molecule has 3 heterocycles. The Bertz CT molecular complexity index is 1500. The lowest BCUT2D eigenvalue weighted by Gasteiger charge is -2.14. The van der Waals surface area contributed by atoms with Crippen LogP contribution < -0.4 is 10.1 Å². The summed E-state index contributed by atoms with van der Waals surface area (Å²) in [6.07, 6.45) is 3.30. The normalized spacial score (nSPS) is 13.7. The van der Waals surface area contributed by atoms with Gasteiger partial charge in [-0.1, -0.05) is 60.2 Å². The summed E-state index contributed by atoms with van der Waals surface area (Å²) in [5, 5.41) is 8.37. The van der Waals surface area contributed by atoms with Gasteiger partial charge in [-0.2, -0.15) is 5.10 Å². The second-order valence-corrected chi connectivity index (χ2v) is 10.3. The van der Waals surface area contributed by atoms with Gasteiger partial charge in [0.25, 0.3) is 0 Å². The molecule has 1 saturated heterocycles. The molecule has 6 nitrogen and oxygen atoms in total. The van der Waals surface area contributed by atoms with Crippen molar-refractivity contribution < 1.29 is 4.74 Å². The number of hydrogen-bond acceptors (Lipinski definition) is 5. The fourth-order valence-electron chi connectivity index (χ4n) is 5.10. The number of anilines is 1. The van der Waals surface area contributed by atoms with Gasteiger partial charge in [-0.25, -0.2) is 9.50 Å². The lowest BCUT2D eigenvalue weighted by molar-refractivity contribution is 0.238. The molecule has 39 heavy (non-hydrogen) atoms. The lowest BCUT2D eigenvalue weighted by atomic mass is 10.1. The van der Waals surface area contributed by atoms with Crippen molar-refractivity contribution in [1.82, 2.24) is 19.5 Å². The molecule has 2 aromatic heterocycles. The maximum atomic E-state index is 5.95. The first kappa shape index (κ1) is 25.1. The van der Waals surface area contributed by atoms with Crippen LogP contribution in [-0.4, -0.2) is 45.7 Å². The van der Waals surface area contributed by atoms with Gasteiger partial charge in [0.2, 0.25) is 0 Å². The zero-order chi connectivity index (χ0) is 26.4. The molecule has 3 aromatic carbocycles. The molecule has 0 atom stereocenters. The van der Waals surface area contributed by atoms with Gasteiger partial charge in [-0.15, -0.1) is 0 Å². The molecule has 1 N–H and O–H groups in total. The molecular weight excluding hydrogens is 482 g/mol. The average molecular weight is 518 g/mol. The SMILES string of the molecule is Cc1ccc(CNc2ccc(-c3cccc4nc(Cc5ccc(OCCN6CCCC6)cc5)nn34)cc2)cc1. The molecule has 0 spiro atoms. The van der Waals surface area contributed by atoms with E-state index in [1.54, 1.807) is 0 Å². The van der Waals surface area contributed by atoms with Crippen LogP contribution in [0.3, 0.4) is 0 Å². The van der Waals surface area contributed by atoms with Crippen LogP contribution >= 0.6 is 0 Å². The largest absolute Gasteiger partial charge is 0.492 e. The maximum Gasteiger partial charge on any atom is 0.156 e. The third-order valence-corrected chi connectivity index (χ3v) is 7.36. The number of pyridine rings is 1. The molecule has 198 valence electrons. The van der Waals surface area contributed by atoms with Gasteiger partial charge in [0.05, 0.1) is 5.69 Å². The molecule has 0 amide bonds. The Morgan fingerprint density at radius 3 is 2.33 bits per heavy atom. The van der Waals surface area contributed by atoms with Crippen LogP contribution in [0.1, 0.15) is 35.4 Å². The highest BCUT2D eigenvalue weighted by atomic mass is 16.5. The van der Waals surface area contributed by atoms with Crippen molar-refractivity contribution in [3.63, 3.8) is 0 Å². The van der Waals surface area contributed by atoms with Crippen molar-refractivity contribution in [2.75, 3.05) is 31.6 Å². The molecule has 0 unspecified atom stereocenters. The van der Waals surface area contributed by atoms with Crippen LogP contribution in [-0.2, 0) is 13.0 Å². The Hall–Kier alpha value is -4.16. The van der Waals surface area contributed by atoms with Crippen molar-refractivity contribution in [2.24, 2.45) is 0 Å². The van der Waals surface area contributed by atoms with Crippen molar-refractivity contribution in [3.05, 3.63) is 114 Å². The zero-order valence-electron chi connectivity index (χ0n) is 22.5. The number of ether oxygens (including phenoxy) is 1. The summed E-state index contributed by atoms with van der Waals surface area (Å²) in [5.74, 6) is 1.72. The summed E-state index contributed by atoms with van der Waals surface area (Å²) >= 11 is 0. The topological polar surface area (TPSA) is 54.7 Å². The van der Waals surface area contributed by atoms with E-state index < -0.39 is 0 Å². The van der Waals surface area contributed by atoms with Crippen molar-refractivity contribution in [2.45, 2.75) is 32.7 Å². The van der Waals surface area contributed by atoms with Gasteiger partial charge < -0.3 is 10.1 Å². The van der Waals surface area contributed by atoms with Crippen molar-refractivity contribution in [3.8, 4) is 17.0 Å². The Kier molecular flexibility index (Phi) is 7.54. The van der Waals surface area contributed by atoms with E-state index in [1.165, 1.54) is 42.6 Å². The molecule has 1 aliphatic heterocycles. The van der Waals surface area contributed by atoms with Crippen LogP contribution in [0.2, 0.25) is 0 Å². The number of aromatic nitrogens is 3. The van der Waals surface area contributed by atoms with E-state index in [9.17, 15) is 0 Å². The van der Waals surface area contributed by atoms with Crippen LogP contribution in [0, 0.1) is 6.92 Å². The van der Waals surface area contributed by atoms with Gasteiger partial charge in [-0.05, 0) is 80.4 Å². The number of fused-ring (bicyclic) bond motifs is 1. The third kappa shape index (κ3) is 6.29. The standard InChI is InChI=1S/C33H35N5O/c1-25-7-9-27(10-8-25)24-34-29-15-13-28(14-16-29)31-5-4-6-33-35-32(36-38(31)33)23-26-11-17-30(18-12-26)39-22-21-37-19-2-3-20-37/h4-18,34H,2-3,19-24H2,1H3. The molecule has 6 heteroatoms. The fraction of sp³-hybridized carbons (Fsp3) is 0.273. The molecule has 1 aliphatic rings. The highest BCUT2D eigenvalue weighted by Crippen LogP contribution is 2.23. The second kappa shape index (κ2) is 11.7. The minimum absolute atomic E-state index is 0.678. The number of nitrogens with one attached hydrogen (secondary N) is 1. The predicted octanol–water partition coefficient (Wildman–Crippen LogP) is 6.38. The van der Waals surface area contributed by atoms with Crippen LogP contribution in [0.25, 0.3) is 16.9 Å². The summed E-state index contributed by atoms with van der Waals surface area (Å²) < 4.78 is 7.90. The summed E-state index contributed by atoms with van der Waals surface area (Å²) in [7, 11) is 0. The minimum Gasteiger partial charge on any atom is -0.492 e. The maximum absolute atomic E-state index is 5.95. The summed E-state index contributed by atoms with van der Waals surface area (Å²) in [6, 6.07) is 31.6. The summed E-state index contributed by atoms with van der Waals surface area (Å²) in [6.45, 7) is 7.05. The number of rotatable bonds is 10. The smallest absolute Gasteiger partial charge is 0.156 e. The first-order chi connectivity index (χ1) is 19.2. The molecule has 0 radical (unpaired) electrons. The molecule has 6 rings (SSSR count). The molecule has 1 fully saturated rings. The molecule has 0 bridgehead atoms. The Labute approximate surface area is 230 Å². The van der Waals surface area contributed by atoms with E-state index in [0.29, 0.717) is 6.42 Å². The van der Waals surface area contributed by atoms with Gasteiger partial charge in [0.15, 0.2) is 11.5 Å². The minimum atomic E-state index is 0.678. The van der Waals surface area contributed by atoms with E-state index in [-0.39, 0.29) is 0 Å². The molecule has 0 saturated carbocycles. The van der Waals surface area contributed by atoms with Crippen molar-refractivity contribution >= 4 is 11.3 Å². The molecular formula is C33H35N5O. The second-order valence-electron chi connectivity index (χ2n) is 10.3. The van der Waals surface area contributed by atoms with Gasteiger partial charge >= 0.3 is 0 Å². The van der Waals surface area contributed by atoms with Gasteiger partial charge in [-0.3, -0.25) is 4.90 Å². The Morgan fingerprint density at radius 2 is 1.56 bits per heavy atom. The number of benzene rings is 3. The highest BCUT2D eigenvalue weighted by Gasteiger charge is 2.12. The molecule has 5 aromatic rings. The lowest BCUT2D eigenvalue weighted by Crippen LogP contribution is -2.25. The van der Waals surface area contributed by atoms with Crippen LogP contribution in [0.4, 0.5) is 5.69 Å². The first-order valence-corrected chi connectivity index (χ1v) is 13.9. The number of aryl methyl sites for hydroxylation is 1. The van der Waals surface area contributed by atoms with Gasteiger partial charge in [0.1, 0.15) is 12.4 Å². The third-order valence-electron chi connectivity index (χ3n) is 7.36. The number of hydrogen-bond donors (Lipinski definition) is 1. The first-order valence-electron chi connectivity index (χ1n) is 13.9. The Morgan fingerprint density at radius 1 is 0.821 bits per heavy atom. The van der Waals surface area contributed by atoms with E-state index in [2.05, 4.69) is 96.0 Å². The number of likely N-dealkylation sites (tertiary alicyclic amines) is 1. The monoisotopic (exact) mass is 517 g/mol. The highest BCUT2D eigenvalue weighted by molar-refractivity contribution is 5.65. The predicted molar refractivity (Wildman–Crippen MR) is 157 cm³/mol. The average Bonchev–Trinajstić information content (AvgIpc) is 3.64. The van der Waals surface area contributed by atoms with E-state index in [1.807, 2.05) is 16.6 Å².